The number of rotatable bonds is 3. The van der Waals surface area contributed by atoms with Crippen LogP contribution in [0.5, 0.6) is 0 Å². The molecule has 0 spiro atoms. The Labute approximate surface area is 95.6 Å². The molecule has 17 heavy (non-hydrogen) atoms. The van der Waals surface area contributed by atoms with Crippen LogP contribution < -0.4 is 5.32 Å². The van der Waals surface area contributed by atoms with Gasteiger partial charge in [-0.25, -0.2) is 4.79 Å². The van der Waals surface area contributed by atoms with Crippen LogP contribution in [0.4, 0.5) is 13.2 Å². The highest BCUT2D eigenvalue weighted by Gasteiger charge is 2.34. The summed E-state index contributed by atoms with van der Waals surface area (Å²) < 4.78 is 35.8. The molecule has 1 atom stereocenters. The molecule has 2 N–H and O–H groups in total. The van der Waals surface area contributed by atoms with E-state index in [2.05, 4.69) is 5.32 Å². The highest BCUT2D eigenvalue weighted by Crippen LogP contribution is 2.22. The fraction of sp³-hybridized carbons (Fsp3) is 0.778. The molecule has 0 saturated carbocycles. The summed E-state index contributed by atoms with van der Waals surface area (Å²) in [6.45, 7) is 0.572. The van der Waals surface area contributed by atoms with Gasteiger partial charge in [0.05, 0.1) is 6.42 Å². The van der Waals surface area contributed by atoms with E-state index in [1.54, 1.807) is 0 Å². The fourth-order valence-electron chi connectivity index (χ4n) is 1.62. The number of alkyl halides is 3. The van der Waals surface area contributed by atoms with Gasteiger partial charge < -0.3 is 15.3 Å². The number of aliphatic carboxylic acids is 1. The Hall–Kier alpha value is -1.31. The van der Waals surface area contributed by atoms with Crippen molar-refractivity contribution in [2.45, 2.75) is 25.1 Å². The molecule has 1 aliphatic rings. The quantitative estimate of drug-likeness (QED) is 0.755. The van der Waals surface area contributed by atoms with Crippen molar-refractivity contribution in [3.8, 4) is 0 Å². The number of nitrogens with zero attached hydrogens (tertiary/aromatic N) is 1. The monoisotopic (exact) mass is 254 g/mol. The zero-order valence-corrected chi connectivity index (χ0v) is 8.96. The van der Waals surface area contributed by atoms with Crippen molar-refractivity contribution >= 4 is 11.9 Å². The molecule has 0 radical (unpaired) electrons. The van der Waals surface area contributed by atoms with Gasteiger partial charge in [-0.2, -0.15) is 13.2 Å². The minimum absolute atomic E-state index is 0.0626. The number of carbonyl (C=O) groups excluding carboxylic acids is 1. The topological polar surface area (TPSA) is 69.6 Å². The number of carboxylic acids is 1. The third-order valence-corrected chi connectivity index (χ3v) is 2.47. The van der Waals surface area contributed by atoms with Gasteiger partial charge in [0.25, 0.3) is 0 Å². The van der Waals surface area contributed by atoms with E-state index in [0.717, 1.165) is 4.90 Å². The number of carboxylic acid groups (broad SMARTS) is 1. The number of piperazine rings is 1. The maximum Gasteiger partial charge on any atom is 0.389 e. The minimum atomic E-state index is -4.40. The second kappa shape index (κ2) is 5.35. The van der Waals surface area contributed by atoms with E-state index in [4.69, 9.17) is 5.11 Å². The predicted molar refractivity (Wildman–Crippen MR) is 51.3 cm³/mol. The number of hydrogen-bond donors (Lipinski definition) is 2. The van der Waals surface area contributed by atoms with Gasteiger partial charge in [0.1, 0.15) is 6.04 Å². The summed E-state index contributed by atoms with van der Waals surface area (Å²) in [5.41, 5.74) is 0. The van der Waals surface area contributed by atoms with Crippen molar-refractivity contribution in [1.82, 2.24) is 10.2 Å². The smallest absolute Gasteiger partial charge is 0.389 e. The molecule has 0 aromatic rings. The van der Waals surface area contributed by atoms with Crippen LogP contribution in [0.1, 0.15) is 12.8 Å². The molecule has 8 heteroatoms. The highest BCUT2D eigenvalue weighted by molar-refractivity contribution is 5.84. The Kier molecular flexibility index (Phi) is 4.33. The predicted octanol–water partition coefficient (Wildman–Crippen LogP) is 0.214. The first-order valence-electron chi connectivity index (χ1n) is 5.11. The molecule has 1 fully saturated rings. The van der Waals surface area contributed by atoms with E-state index < -0.39 is 36.9 Å². The second-order valence-electron chi connectivity index (χ2n) is 3.76. The molecule has 98 valence electrons. The molecule has 1 heterocycles. The first-order chi connectivity index (χ1) is 7.81. The summed E-state index contributed by atoms with van der Waals surface area (Å²) >= 11 is 0. The van der Waals surface area contributed by atoms with E-state index >= 15 is 0 Å². The van der Waals surface area contributed by atoms with Crippen molar-refractivity contribution in [1.29, 1.82) is 0 Å². The first kappa shape index (κ1) is 13.8. The summed E-state index contributed by atoms with van der Waals surface area (Å²) in [6, 6.07) is -1.08. The van der Waals surface area contributed by atoms with Crippen molar-refractivity contribution < 1.29 is 27.9 Å². The van der Waals surface area contributed by atoms with E-state index in [1.807, 2.05) is 0 Å². The normalized spacial score (nSPS) is 21.4. The maximum atomic E-state index is 11.9. The molecule has 1 rings (SSSR count). The van der Waals surface area contributed by atoms with Gasteiger partial charge in [0.2, 0.25) is 5.91 Å². The van der Waals surface area contributed by atoms with Crippen LogP contribution in [0, 0.1) is 0 Å². The van der Waals surface area contributed by atoms with Crippen LogP contribution in [-0.2, 0) is 9.59 Å². The summed E-state index contributed by atoms with van der Waals surface area (Å²) in [5.74, 6) is -1.98. The average molecular weight is 254 g/mol. The fourth-order valence-corrected chi connectivity index (χ4v) is 1.62. The average Bonchev–Trinajstić information content (AvgIpc) is 2.25. The van der Waals surface area contributed by atoms with Gasteiger partial charge in [0, 0.05) is 26.1 Å². The third kappa shape index (κ3) is 4.22. The molecule has 0 aromatic heterocycles. The molecule has 1 amide bonds. The molecule has 0 aliphatic carbocycles. The molecular formula is C9H13F3N2O3. The van der Waals surface area contributed by atoms with Gasteiger partial charge in [-0.3, -0.25) is 4.79 Å². The van der Waals surface area contributed by atoms with E-state index in [9.17, 15) is 22.8 Å². The number of nitrogens with one attached hydrogen (secondary N) is 1. The van der Waals surface area contributed by atoms with Gasteiger partial charge in [-0.15, -0.1) is 0 Å². The standard InChI is InChI=1S/C9H13F3N2O3/c10-9(11,12)2-1-7(15)14-4-3-13-5-6(14)8(16)17/h6,13H,1-5H2,(H,16,17). The Balaban J connectivity index is 2.56. The summed E-state index contributed by atoms with van der Waals surface area (Å²) in [4.78, 5) is 23.3. The number of amides is 1. The zero-order chi connectivity index (χ0) is 13.1. The van der Waals surface area contributed by atoms with Crippen LogP contribution in [0.3, 0.4) is 0 Å². The van der Waals surface area contributed by atoms with Crippen molar-refractivity contribution in [2.24, 2.45) is 0 Å². The second-order valence-corrected chi connectivity index (χ2v) is 3.76. The number of carbonyl (C=O) groups is 2. The number of hydrogen-bond acceptors (Lipinski definition) is 3. The van der Waals surface area contributed by atoms with E-state index in [-0.39, 0.29) is 13.1 Å². The largest absolute Gasteiger partial charge is 0.480 e. The van der Waals surface area contributed by atoms with Crippen LogP contribution >= 0.6 is 0 Å². The summed E-state index contributed by atoms with van der Waals surface area (Å²) in [7, 11) is 0. The molecule has 0 bridgehead atoms. The highest BCUT2D eigenvalue weighted by atomic mass is 19.4. The van der Waals surface area contributed by atoms with Crippen molar-refractivity contribution in [2.75, 3.05) is 19.6 Å². The molecule has 1 saturated heterocycles. The minimum Gasteiger partial charge on any atom is -0.480 e. The van der Waals surface area contributed by atoms with E-state index in [1.165, 1.54) is 0 Å². The lowest BCUT2D eigenvalue weighted by Crippen LogP contribution is -2.57. The Bertz CT molecular complexity index is 306. The van der Waals surface area contributed by atoms with Gasteiger partial charge >= 0.3 is 12.1 Å². The molecule has 5 nitrogen and oxygen atoms in total. The van der Waals surface area contributed by atoms with Crippen molar-refractivity contribution in [3.63, 3.8) is 0 Å². The van der Waals surface area contributed by atoms with Gasteiger partial charge in [0.15, 0.2) is 0 Å². The van der Waals surface area contributed by atoms with E-state index in [0.29, 0.717) is 6.54 Å². The van der Waals surface area contributed by atoms with Gasteiger partial charge in [-0.05, 0) is 0 Å². The third-order valence-electron chi connectivity index (χ3n) is 2.47. The number of halogens is 3. The van der Waals surface area contributed by atoms with Crippen molar-refractivity contribution in [3.05, 3.63) is 0 Å². The Morgan fingerprint density at radius 2 is 2.06 bits per heavy atom. The summed E-state index contributed by atoms with van der Waals surface area (Å²) in [6.07, 6.45) is -6.32. The van der Waals surface area contributed by atoms with Crippen LogP contribution in [0.15, 0.2) is 0 Å². The maximum absolute atomic E-state index is 11.9. The molecule has 1 aliphatic heterocycles. The van der Waals surface area contributed by atoms with Crippen LogP contribution in [0.25, 0.3) is 0 Å². The zero-order valence-electron chi connectivity index (χ0n) is 8.96. The summed E-state index contributed by atoms with van der Waals surface area (Å²) in [5, 5.41) is 11.6. The SMILES string of the molecule is O=C(O)C1CNCCN1C(=O)CCC(F)(F)F. The molecule has 0 aromatic carbocycles. The molecule has 1 unspecified atom stereocenters. The van der Waals surface area contributed by atoms with Gasteiger partial charge in [-0.1, -0.05) is 0 Å². The Morgan fingerprint density at radius 1 is 1.41 bits per heavy atom. The lowest BCUT2D eigenvalue weighted by molar-refractivity contribution is -0.156. The Morgan fingerprint density at radius 3 is 2.59 bits per heavy atom. The lowest BCUT2D eigenvalue weighted by Gasteiger charge is -2.33. The van der Waals surface area contributed by atoms with Crippen LogP contribution in [0.2, 0.25) is 0 Å². The lowest BCUT2D eigenvalue weighted by atomic mass is 10.1. The van der Waals surface area contributed by atoms with Crippen LogP contribution in [-0.4, -0.2) is 53.7 Å². The molecular weight excluding hydrogens is 241 g/mol. The first-order valence-corrected chi connectivity index (χ1v) is 5.11.